The lowest BCUT2D eigenvalue weighted by Crippen LogP contribution is -2.53. The maximum atomic E-state index is 13.2. The predicted molar refractivity (Wildman–Crippen MR) is 138 cm³/mol. The van der Waals surface area contributed by atoms with E-state index in [1.165, 1.54) is 6.92 Å². The number of anilines is 1. The van der Waals surface area contributed by atoms with Crippen LogP contribution in [0.4, 0.5) is 5.69 Å². The summed E-state index contributed by atoms with van der Waals surface area (Å²) >= 11 is 0. The minimum Gasteiger partial charge on any atom is -0.461 e. The van der Waals surface area contributed by atoms with Gasteiger partial charge in [-0.05, 0) is 55.5 Å². The van der Waals surface area contributed by atoms with E-state index in [2.05, 4.69) is 16.0 Å². The van der Waals surface area contributed by atoms with Crippen LogP contribution in [0.3, 0.4) is 0 Å². The average Bonchev–Trinajstić information content (AvgIpc) is 2.83. The molecule has 5 N–H and O–H groups in total. The molecule has 0 aliphatic carbocycles. The molecule has 0 heterocycles. The summed E-state index contributed by atoms with van der Waals surface area (Å²) in [5.41, 5.74) is 8.09. The second-order valence-electron chi connectivity index (χ2n) is 8.88. The van der Waals surface area contributed by atoms with Crippen LogP contribution in [0.5, 0.6) is 0 Å². The molecule has 190 valence electrons. The van der Waals surface area contributed by atoms with E-state index in [1.807, 2.05) is 44.2 Å². The number of hydrogen-bond acceptors (Lipinski definition) is 6. The second kappa shape index (κ2) is 14.9. The molecule has 0 aliphatic rings. The van der Waals surface area contributed by atoms with E-state index < -0.39 is 12.1 Å². The minimum atomic E-state index is -0.693. The Bertz CT molecular complexity index is 932. The molecule has 0 bridgehead atoms. The van der Waals surface area contributed by atoms with E-state index in [1.54, 1.807) is 24.3 Å². The normalized spacial score (nSPS) is 12.6. The Morgan fingerprint density at radius 1 is 0.886 bits per heavy atom. The highest BCUT2D eigenvalue weighted by atomic mass is 16.5. The van der Waals surface area contributed by atoms with Crippen molar-refractivity contribution < 1.29 is 19.1 Å². The summed E-state index contributed by atoms with van der Waals surface area (Å²) in [6, 6.07) is 15.8. The van der Waals surface area contributed by atoms with Crippen LogP contribution >= 0.6 is 0 Å². The monoisotopic (exact) mass is 482 g/mol. The Balaban J connectivity index is 2.08. The zero-order valence-corrected chi connectivity index (χ0v) is 20.9. The number of amides is 2. The number of carbonyl (C=O) groups excluding carboxylic acids is 3. The number of hydrogen-bond donors (Lipinski definition) is 4. The van der Waals surface area contributed by atoms with Gasteiger partial charge in [0.15, 0.2) is 0 Å². The van der Waals surface area contributed by atoms with Gasteiger partial charge in [0.25, 0.3) is 0 Å². The van der Waals surface area contributed by atoms with E-state index in [4.69, 9.17) is 10.5 Å². The van der Waals surface area contributed by atoms with Crippen LogP contribution in [0.15, 0.2) is 54.6 Å². The first kappa shape index (κ1) is 28.0. The maximum Gasteiger partial charge on any atom is 0.302 e. The van der Waals surface area contributed by atoms with Gasteiger partial charge in [0.05, 0.1) is 6.04 Å². The van der Waals surface area contributed by atoms with E-state index in [-0.39, 0.29) is 30.4 Å². The molecule has 2 aromatic carbocycles. The van der Waals surface area contributed by atoms with Crippen LogP contribution in [-0.4, -0.2) is 42.5 Å². The van der Waals surface area contributed by atoms with Crippen molar-refractivity contribution in [2.45, 2.75) is 71.2 Å². The highest BCUT2D eigenvalue weighted by Crippen LogP contribution is 2.13. The Kier molecular flexibility index (Phi) is 11.9. The van der Waals surface area contributed by atoms with Crippen LogP contribution in [0.2, 0.25) is 0 Å². The maximum absolute atomic E-state index is 13.2. The fourth-order valence-electron chi connectivity index (χ4n) is 3.61. The molecule has 2 amide bonds. The van der Waals surface area contributed by atoms with Gasteiger partial charge in [0.2, 0.25) is 11.8 Å². The molecule has 8 nitrogen and oxygen atoms in total. The average molecular weight is 483 g/mol. The predicted octanol–water partition coefficient (Wildman–Crippen LogP) is 2.91. The lowest BCUT2D eigenvalue weighted by atomic mass is 10.0. The number of rotatable bonds is 14. The Labute approximate surface area is 208 Å². The van der Waals surface area contributed by atoms with Crippen molar-refractivity contribution in [3.8, 4) is 0 Å². The van der Waals surface area contributed by atoms with E-state index in [0.29, 0.717) is 25.1 Å². The first-order chi connectivity index (χ1) is 16.8. The number of unbranched alkanes of at least 4 members (excludes halogenated alkanes) is 1. The van der Waals surface area contributed by atoms with Crippen molar-refractivity contribution in [1.82, 2.24) is 10.6 Å². The quantitative estimate of drug-likeness (QED) is 0.243. The molecule has 0 spiro atoms. The molecule has 0 saturated heterocycles. The minimum absolute atomic E-state index is 0.101. The third-order valence-electron chi connectivity index (χ3n) is 5.38. The summed E-state index contributed by atoms with van der Waals surface area (Å²) < 4.78 is 4.99. The number of carbonyl (C=O) groups is 3. The zero-order valence-electron chi connectivity index (χ0n) is 20.9. The summed E-state index contributed by atoms with van der Waals surface area (Å²) in [7, 11) is 0. The standard InChI is InChI=1S/C27H38N4O4/c1-19(2)29-25(17-21-9-5-4-6-10-21)27(34)31-24(11-7-8-16-28)26(33)30-23-14-12-22(13-15-23)18-35-20(3)32/h4-6,9-10,12-15,19,24-25,29H,7-8,11,16-18,28H2,1-3H3,(H,30,33)(H,31,34)/t24-,25?/m0/s1. The summed E-state index contributed by atoms with van der Waals surface area (Å²) in [6.45, 7) is 6.03. The highest BCUT2D eigenvalue weighted by molar-refractivity contribution is 5.97. The number of esters is 1. The fourth-order valence-corrected chi connectivity index (χ4v) is 3.61. The van der Waals surface area contributed by atoms with E-state index in [9.17, 15) is 14.4 Å². The molecule has 2 aromatic rings. The van der Waals surface area contributed by atoms with Gasteiger partial charge >= 0.3 is 5.97 Å². The summed E-state index contributed by atoms with van der Waals surface area (Å²) in [4.78, 5) is 37.3. The molecule has 2 atom stereocenters. The summed E-state index contributed by atoms with van der Waals surface area (Å²) in [5.74, 6) is -0.853. The summed E-state index contributed by atoms with van der Waals surface area (Å²) in [6.07, 6.45) is 2.49. The lowest BCUT2D eigenvalue weighted by Gasteiger charge is -2.25. The topological polar surface area (TPSA) is 123 Å². The molecule has 8 heteroatoms. The molecule has 0 radical (unpaired) electrons. The van der Waals surface area contributed by atoms with Crippen LogP contribution in [0.25, 0.3) is 0 Å². The largest absolute Gasteiger partial charge is 0.461 e. The van der Waals surface area contributed by atoms with Crippen LogP contribution in [0, 0.1) is 0 Å². The third-order valence-corrected chi connectivity index (χ3v) is 5.38. The number of benzene rings is 2. The molecule has 0 fully saturated rings. The van der Waals surface area contributed by atoms with Gasteiger partial charge in [-0.2, -0.15) is 0 Å². The lowest BCUT2D eigenvalue weighted by molar-refractivity contribution is -0.142. The van der Waals surface area contributed by atoms with Gasteiger partial charge < -0.3 is 26.4 Å². The van der Waals surface area contributed by atoms with Crippen molar-refractivity contribution in [2.75, 3.05) is 11.9 Å². The smallest absolute Gasteiger partial charge is 0.302 e. The van der Waals surface area contributed by atoms with Crippen molar-refractivity contribution in [2.24, 2.45) is 5.73 Å². The fraction of sp³-hybridized carbons (Fsp3) is 0.444. The molecule has 0 saturated carbocycles. The molecule has 2 rings (SSSR count). The molecule has 35 heavy (non-hydrogen) atoms. The van der Waals surface area contributed by atoms with Crippen molar-refractivity contribution in [1.29, 1.82) is 0 Å². The molecular formula is C27H38N4O4. The number of ether oxygens (including phenoxy) is 1. The van der Waals surface area contributed by atoms with Crippen LogP contribution in [-0.2, 0) is 32.1 Å². The van der Waals surface area contributed by atoms with Crippen molar-refractivity contribution in [3.63, 3.8) is 0 Å². The van der Waals surface area contributed by atoms with Crippen molar-refractivity contribution >= 4 is 23.5 Å². The Hall–Kier alpha value is -3.23. The van der Waals surface area contributed by atoms with Gasteiger partial charge in [-0.3, -0.25) is 14.4 Å². The number of nitrogens with one attached hydrogen (secondary N) is 3. The number of nitrogens with two attached hydrogens (primary N) is 1. The van der Waals surface area contributed by atoms with E-state index >= 15 is 0 Å². The molecule has 0 aliphatic heterocycles. The van der Waals surface area contributed by atoms with Gasteiger partial charge in [-0.15, -0.1) is 0 Å². The summed E-state index contributed by atoms with van der Waals surface area (Å²) in [5, 5.41) is 9.15. The highest BCUT2D eigenvalue weighted by Gasteiger charge is 2.26. The Morgan fingerprint density at radius 3 is 2.17 bits per heavy atom. The van der Waals surface area contributed by atoms with Gasteiger partial charge in [-0.1, -0.05) is 56.3 Å². The van der Waals surface area contributed by atoms with Gasteiger partial charge in [0, 0.05) is 18.7 Å². The van der Waals surface area contributed by atoms with Gasteiger partial charge in [-0.25, -0.2) is 0 Å². The SMILES string of the molecule is CC(=O)OCc1ccc(NC(=O)[C@H](CCCCN)NC(=O)C(Cc2ccccc2)NC(C)C)cc1. The molecule has 0 aromatic heterocycles. The first-order valence-electron chi connectivity index (χ1n) is 12.1. The molecular weight excluding hydrogens is 444 g/mol. The van der Waals surface area contributed by atoms with E-state index in [0.717, 1.165) is 24.0 Å². The van der Waals surface area contributed by atoms with Crippen LogP contribution in [0.1, 0.15) is 51.2 Å². The Morgan fingerprint density at radius 2 is 1.57 bits per heavy atom. The third kappa shape index (κ3) is 10.7. The van der Waals surface area contributed by atoms with Crippen LogP contribution < -0.4 is 21.7 Å². The second-order valence-corrected chi connectivity index (χ2v) is 8.88. The first-order valence-corrected chi connectivity index (χ1v) is 12.1. The molecule has 1 unspecified atom stereocenters. The van der Waals surface area contributed by atoms with Crippen molar-refractivity contribution in [3.05, 3.63) is 65.7 Å². The van der Waals surface area contributed by atoms with Gasteiger partial charge in [0.1, 0.15) is 12.6 Å². The zero-order chi connectivity index (χ0) is 25.6.